The Morgan fingerprint density at radius 3 is 2.13 bits per heavy atom. The molecule has 0 bridgehead atoms. The van der Waals surface area contributed by atoms with Crippen molar-refractivity contribution in [3.63, 3.8) is 0 Å². The first kappa shape index (κ1) is 35.8. The van der Waals surface area contributed by atoms with Crippen molar-refractivity contribution < 1.29 is 24.6 Å². The molecule has 6 atom stereocenters. The molecule has 0 saturated heterocycles. The van der Waals surface area contributed by atoms with Crippen LogP contribution in [0.1, 0.15) is 82.0 Å². The van der Waals surface area contributed by atoms with Crippen molar-refractivity contribution >= 4 is 17.7 Å². The molecule has 0 radical (unpaired) electrons. The topological polar surface area (TPSA) is 169 Å². The summed E-state index contributed by atoms with van der Waals surface area (Å²) in [4.78, 5) is 52.6. The lowest BCUT2D eigenvalue weighted by atomic mass is 9.82. The third-order valence-corrected chi connectivity index (χ3v) is 9.19. The number of aromatic amines is 1. The Hall–Kier alpha value is -4.09. The van der Waals surface area contributed by atoms with Gasteiger partial charge in [-0.3, -0.25) is 19.4 Å². The number of aliphatic hydroxyl groups is 2. The molecule has 1 aliphatic rings. The third kappa shape index (κ3) is 10.7. The van der Waals surface area contributed by atoms with Gasteiger partial charge in [-0.1, -0.05) is 82.3 Å². The fourth-order valence-electron chi connectivity index (χ4n) is 6.22. The van der Waals surface area contributed by atoms with Crippen molar-refractivity contribution in [1.82, 2.24) is 30.9 Å². The number of rotatable bonds is 16. The summed E-state index contributed by atoms with van der Waals surface area (Å²) < 4.78 is 0. The number of imidazole rings is 1. The SMILES string of the molecule is CC(C)[C@H](O)[C@@H](O)[C@H](CC1CCCCC1)NC(=O)[C@H](Cc1cnc[nH]1)NC(=O)C(Cc1ccccc1)NC(=O)[C@H](C)c1cccnc1. The van der Waals surface area contributed by atoms with E-state index in [0.717, 1.165) is 31.2 Å². The summed E-state index contributed by atoms with van der Waals surface area (Å²) in [6, 6.07) is 10.2. The molecule has 3 aromatic rings. The zero-order chi connectivity index (χ0) is 33.8. The summed E-state index contributed by atoms with van der Waals surface area (Å²) in [5, 5.41) is 30.8. The smallest absolute Gasteiger partial charge is 0.243 e. The van der Waals surface area contributed by atoms with Gasteiger partial charge < -0.3 is 31.1 Å². The number of nitrogens with one attached hydrogen (secondary N) is 4. The zero-order valence-corrected chi connectivity index (χ0v) is 27.6. The molecule has 1 aromatic carbocycles. The summed E-state index contributed by atoms with van der Waals surface area (Å²) in [5.74, 6) is -1.82. The summed E-state index contributed by atoms with van der Waals surface area (Å²) >= 11 is 0. The van der Waals surface area contributed by atoms with Crippen LogP contribution >= 0.6 is 0 Å². The Kier molecular flexibility index (Phi) is 13.5. The van der Waals surface area contributed by atoms with Crippen molar-refractivity contribution in [3.8, 4) is 0 Å². The summed E-state index contributed by atoms with van der Waals surface area (Å²) in [5.41, 5.74) is 2.19. The highest BCUT2D eigenvalue weighted by atomic mass is 16.3. The van der Waals surface area contributed by atoms with Crippen molar-refractivity contribution in [2.75, 3.05) is 0 Å². The third-order valence-electron chi connectivity index (χ3n) is 9.19. The number of nitrogens with zero attached hydrogens (tertiary/aromatic N) is 2. The average molecular weight is 647 g/mol. The lowest BCUT2D eigenvalue weighted by molar-refractivity contribution is -0.133. The Bertz CT molecular complexity index is 1380. The first-order valence-electron chi connectivity index (χ1n) is 16.8. The minimum atomic E-state index is -1.18. The number of pyridine rings is 1. The number of hydrogen-bond acceptors (Lipinski definition) is 7. The molecule has 11 nitrogen and oxygen atoms in total. The minimum absolute atomic E-state index is 0.106. The lowest BCUT2D eigenvalue weighted by Gasteiger charge is -2.34. The van der Waals surface area contributed by atoms with Gasteiger partial charge in [-0.2, -0.15) is 0 Å². The van der Waals surface area contributed by atoms with Gasteiger partial charge in [0.25, 0.3) is 0 Å². The van der Waals surface area contributed by atoms with Crippen molar-refractivity contribution in [2.45, 2.75) is 108 Å². The number of carbonyl (C=O) groups is 3. The first-order valence-corrected chi connectivity index (χ1v) is 16.8. The van der Waals surface area contributed by atoms with Gasteiger partial charge in [0.05, 0.1) is 24.4 Å². The molecule has 254 valence electrons. The zero-order valence-electron chi connectivity index (χ0n) is 27.6. The van der Waals surface area contributed by atoms with Gasteiger partial charge in [0.2, 0.25) is 17.7 Å². The van der Waals surface area contributed by atoms with E-state index in [9.17, 15) is 24.6 Å². The van der Waals surface area contributed by atoms with Crippen LogP contribution in [-0.4, -0.2) is 73.2 Å². The maximum atomic E-state index is 14.0. The van der Waals surface area contributed by atoms with E-state index in [1.54, 1.807) is 31.6 Å². The van der Waals surface area contributed by atoms with Gasteiger partial charge in [0.15, 0.2) is 0 Å². The fraction of sp³-hybridized carbons (Fsp3) is 0.528. The maximum Gasteiger partial charge on any atom is 0.243 e. The average Bonchev–Trinajstić information content (AvgIpc) is 3.60. The predicted octanol–water partition coefficient (Wildman–Crippen LogP) is 3.20. The van der Waals surface area contributed by atoms with Gasteiger partial charge in [-0.25, -0.2) is 4.98 Å². The standard InChI is InChI=1S/C36H50N6O5/c1-23(2)32(43)33(44)29(17-25-11-6-4-7-12-25)40-36(47)31(19-28-21-38-22-39-28)42-35(46)30(18-26-13-8-5-9-14-26)41-34(45)24(3)27-15-10-16-37-20-27/h5,8-10,13-16,20-25,29-33,43-44H,4,6-7,11-12,17-19H2,1-3H3,(H,38,39)(H,40,47)(H,41,45)(H,42,46)/t24-,29+,30?,31+,32+,33+/m1/s1. The number of H-pyrrole nitrogens is 1. The predicted molar refractivity (Wildman–Crippen MR) is 179 cm³/mol. The van der Waals surface area contributed by atoms with Gasteiger partial charge >= 0.3 is 0 Å². The summed E-state index contributed by atoms with van der Waals surface area (Å²) in [6.45, 7) is 5.40. The monoisotopic (exact) mass is 646 g/mol. The van der Waals surface area contributed by atoms with E-state index < -0.39 is 48.1 Å². The number of aromatic nitrogens is 3. The fourth-order valence-corrected chi connectivity index (χ4v) is 6.22. The number of aliphatic hydroxyl groups excluding tert-OH is 2. The molecule has 0 spiro atoms. The normalized spacial score (nSPS) is 17.6. The molecular formula is C36H50N6O5. The Morgan fingerprint density at radius 2 is 1.49 bits per heavy atom. The van der Waals surface area contributed by atoms with Crippen LogP contribution in [0, 0.1) is 11.8 Å². The molecule has 11 heteroatoms. The molecule has 0 aliphatic heterocycles. The van der Waals surface area contributed by atoms with Gasteiger partial charge in [0, 0.05) is 37.1 Å². The Morgan fingerprint density at radius 1 is 0.809 bits per heavy atom. The van der Waals surface area contributed by atoms with Gasteiger partial charge in [-0.15, -0.1) is 0 Å². The molecule has 1 saturated carbocycles. The highest BCUT2D eigenvalue weighted by molar-refractivity contribution is 5.93. The lowest BCUT2D eigenvalue weighted by Crippen LogP contribution is -2.59. The van der Waals surface area contributed by atoms with Crippen molar-refractivity contribution in [2.24, 2.45) is 11.8 Å². The molecule has 1 fully saturated rings. The van der Waals surface area contributed by atoms with Crippen LogP contribution in [0.15, 0.2) is 67.4 Å². The van der Waals surface area contributed by atoms with E-state index in [-0.39, 0.29) is 24.7 Å². The molecule has 3 amide bonds. The second-order valence-corrected chi connectivity index (χ2v) is 13.2. The Labute approximate surface area is 277 Å². The summed E-state index contributed by atoms with van der Waals surface area (Å²) in [6.07, 6.45) is 10.3. The van der Waals surface area contributed by atoms with Crippen LogP contribution in [0.25, 0.3) is 0 Å². The molecular weight excluding hydrogens is 596 g/mol. The molecule has 6 N–H and O–H groups in total. The molecule has 4 rings (SSSR count). The summed E-state index contributed by atoms with van der Waals surface area (Å²) in [7, 11) is 0. The first-order chi connectivity index (χ1) is 22.6. The molecule has 1 unspecified atom stereocenters. The van der Waals surface area contributed by atoms with Crippen LogP contribution in [-0.2, 0) is 27.2 Å². The van der Waals surface area contributed by atoms with E-state index >= 15 is 0 Å². The van der Waals surface area contributed by atoms with Crippen LogP contribution in [0.5, 0.6) is 0 Å². The molecule has 2 heterocycles. The number of amides is 3. The van der Waals surface area contributed by atoms with Crippen molar-refractivity contribution in [1.29, 1.82) is 0 Å². The number of hydrogen-bond donors (Lipinski definition) is 6. The minimum Gasteiger partial charge on any atom is -0.390 e. The highest BCUT2D eigenvalue weighted by Gasteiger charge is 2.35. The van der Waals surface area contributed by atoms with E-state index in [2.05, 4.69) is 30.9 Å². The molecule has 2 aromatic heterocycles. The van der Waals surface area contributed by atoms with Crippen LogP contribution in [0.3, 0.4) is 0 Å². The second-order valence-electron chi connectivity index (χ2n) is 13.2. The molecule has 47 heavy (non-hydrogen) atoms. The molecule has 1 aliphatic carbocycles. The maximum absolute atomic E-state index is 14.0. The second kappa shape index (κ2) is 17.7. The van der Waals surface area contributed by atoms with E-state index in [1.807, 2.05) is 50.2 Å². The quantitative estimate of drug-likeness (QED) is 0.139. The van der Waals surface area contributed by atoms with E-state index in [4.69, 9.17) is 0 Å². The van der Waals surface area contributed by atoms with Crippen LogP contribution in [0.4, 0.5) is 0 Å². The highest BCUT2D eigenvalue weighted by Crippen LogP contribution is 2.29. The van der Waals surface area contributed by atoms with E-state index in [1.165, 1.54) is 12.7 Å². The van der Waals surface area contributed by atoms with Crippen LogP contribution < -0.4 is 16.0 Å². The number of carbonyl (C=O) groups excluding carboxylic acids is 3. The number of benzene rings is 1. The Balaban J connectivity index is 1.56. The van der Waals surface area contributed by atoms with E-state index in [0.29, 0.717) is 23.6 Å². The van der Waals surface area contributed by atoms with Crippen LogP contribution in [0.2, 0.25) is 0 Å². The largest absolute Gasteiger partial charge is 0.390 e. The van der Waals surface area contributed by atoms with Crippen molar-refractivity contribution in [3.05, 3.63) is 84.2 Å². The van der Waals surface area contributed by atoms with Gasteiger partial charge in [0.1, 0.15) is 18.2 Å². The van der Waals surface area contributed by atoms with Gasteiger partial charge in [-0.05, 0) is 42.4 Å².